The number of hydrogen-bond donors (Lipinski definition) is 6. The van der Waals surface area contributed by atoms with Crippen molar-refractivity contribution in [3.63, 3.8) is 0 Å². The Bertz CT molecular complexity index is 3400. The van der Waals surface area contributed by atoms with E-state index in [1.165, 1.54) is 25.7 Å². The third-order valence-electron chi connectivity index (χ3n) is 16.8. The highest BCUT2D eigenvalue weighted by Gasteiger charge is 2.56. The summed E-state index contributed by atoms with van der Waals surface area (Å²) in [5, 5.41) is 16.0. The minimum atomic E-state index is -2.10. The minimum absolute atomic E-state index is 0.0521. The molecule has 6 N–H and O–H groups in total. The molecule has 2 aliphatic heterocycles. The van der Waals surface area contributed by atoms with Crippen LogP contribution in [-0.4, -0.2) is 285 Å². The zero-order chi connectivity index (χ0) is 84.0. The van der Waals surface area contributed by atoms with E-state index in [2.05, 4.69) is 31.9 Å². The monoisotopic (exact) mass is 1620 g/mol. The topological polar surface area (TPSA) is 498 Å². The number of carbonyl (C=O) groups is 15. The summed E-state index contributed by atoms with van der Waals surface area (Å²) in [7, 11) is 0. The molecule has 0 bridgehead atoms. The molecule has 0 spiro atoms. The molecule has 3 fully saturated rings. The van der Waals surface area contributed by atoms with Gasteiger partial charge in [-0.05, 0) is 36.1 Å². The fourth-order valence-electron chi connectivity index (χ4n) is 12.4. The van der Waals surface area contributed by atoms with E-state index in [0.29, 0.717) is 11.3 Å². The number of nitrogens with zero attached hydrogens (tertiary/aromatic N) is 1. The second kappa shape index (κ2) is 48.9. The summed E-state index contributed by atoms with van der Waals surface area (Å²) in [6, 6.07) is 12.4. The lowest BCUT2D eigenvalue weighted by Crippen LogP contribution is -2.68. The quantitative estimate of drug-likeness (QED) is 0.0198. The highest BCUT2D eigenvalue weighted by molar-refractivity contribution is 5.86. The van der Waals surface area contributed by atoms with Crippen molar-refractivity contribution in [1.29, 1.82) is 0 Å². The van der Waals surface area contributed by atoms with Gasteiger partial charge in [-0.3, -0.25) is 76.8 Å². The van der Waals surface area contributed by atoms with E-state index in [4.69, 9.17) is 85.3 Å². The number of rotatable bonds is 46. The minimum Gasteiger partial charge on any atom is -0.489 e. The number of nitrogens with one attached hydrogen (secondary N) is 6. The van der Waals surface area contributed by atoms with Gasteiger partial charge >= 0.3 is 53.7 Å². The second-order valence-electron chi connectivity index (χ2n) is 26.4. The summed E-state index contributed by atoms with van der Waals surface area (Å²) in [6.45, 7) is 8.98. The zero-order valence-corrected chi connectivity index (χ0v) is 65.8. The summed E-state index contributed by atoms with van der Waals surface area (Å²) in [5.41, 5.74) is -0.675. The van der Waals surface area contributed by atoms with Crippen molar-refractivity contribution in [1.82, 2.24) is 36.8 Å². The number of hydrogen-bond acceptors (Lipinski definition) is 34. The van der Waals surface area contributed by atoms with Gasteiger partial charge in [0, 0.05) is 102 Å². The van der Waals surface area contributed by atoms with Crippen LogP contribution in [0.5, 0.6) is 5.75 Å². The van der Waals surface area contributed by atoms with Crippen LogP contribution in [0.15, 0.2) is 54.6 Å². The van der Waals surface area contributed by atoms with Crippen molar-refractivity contribution in [2.45, 2.75) is 194 Å². The Kier molecular flexibility index (Phi) is 40.5. The van der Waals surface area contributed by atoms with Gasteiger partial charge < -0.3 is 117 Å². The Hall–Kier alpha value is -10.1. The van der Waals surface area contributed by atoms with Crippen molar-refractivity contribution in [3.8, 4) is 5.75 Å². The molecule has 1 saturated carbocycles. The van der Waals surface area contributed by atoms with Gasteiger partial charge in [-0.2, -0.15) is 0 Å². The number of ether oxygens (including phenoxy) is 18. The number of benzene rings is 2. The Morgan fingerprint density at radius 2 is 0.974 bits per heavy atom. The van der Waals surface area contributed by atoms with Crippen LogP contribution in [0.25, 0.3) is 0 Å². The maximum atomic E-state index is 14.8. The molecule has 2 heterocycles. The van der Waals surface area contributed by atoms with Crippen LogP contribution in [0, 0.1) is 5.92 Å². The van der Waals surface area contributed by atoms with Crippen LogP contribution >= 0.6 is 0 Å². The molecule has 634 valence electrons. The van der Waals surface area contributed by atoms with Gasteiger partial charge in [-0.1, -0.05) is 42.5 Å². The fraction of sp³-hybridized carbons (Fsp3) is 0.635. The summed E-state index contributed by atoms with van der Waals surface area (Å²) in [6.07, 6.45) is -13.3. The lowest BCUT2D eigenvalue weighted by atomic mass is 9.79. The number of amides is 6. The summed E-state index contributed by atoms with van der Waals surface area (Å²) in [5.74, 6) is -11.1. The largest absolute Gasteiger partial charge is 0.489 e. The van der Waals surface area contributed by atoms with Gasteiger partial charge in [0.1, 0.15) is 62.8 Å². The van der Waals surface area contributed by atoms with Crippen LogP contribution in [0.2, 0.25) is 0 Å². The molecule has 0 aromatic heterocycles. The van der Waals surface area contributed by atoms with Gasteiger partial charge in [-0.15, -0.1) is 0 Å². The van der Waals surface area contributed by atoms with E-state index >= 15 is 0 Å². The molecule has 40 nitrogen and oxygen atoms in total. The Labute approximate surface area is 658 Å². The van der Waals surface area contributed by atoms with E-state index in [0.717, 1.165) is 67.9 Å². The summed E-state index contributed by atoms with van der Waals surface area (Å²) < 4.78 is 103. The van der Waals surface area contributed by atoms with Crippen LogP contribution < -0.4 is 36.6 Å². The van der Waals surface area contributed by atoms with Gasteiger partial charge in [0.15, 0.2) is 24.6 Å². The number of carbonyl (C=O) groups excluding carboxylic acids is 15. The molecule has 2 aromatic carbocycles. The molecule has 2 aromatic rings. The van der Waals surface area contributed by atoms with Gasteiger partial charge in [0.05, 0.1) is 97.2 Å². The van der Waals surface area contributed by atoms with Gasteiger partial charge in [0.25, 0.3) is 0 Å². The third-order valence-corrected chi connectivity index (χ3v) is 16.8. The average Bonchev–Trinajstić information content (AvgIpc) is 0.771. The van der Waals surface area contributed by atoms with E-state index in [-0.39, 0.29) is 92.0 Å². The van der Waals surface area contributed by atoms with Crippen molar-refractivity contribution in [2.24, 2.45) is 5.92 Å². The molecule has 114 heavy (non-hydrogen) atoms. The molecule has 1 aliphatic carbocycles. The van der Waals surface area contributed by atoms with Gasteiger partial charge in [0.2, 0.25) is 47.5 Å². The van der Waals surface area contributed by atoms with Crippen LogP contribution in [0.3, 0.4) is 0 Å². The molecular formula is C74H105N7O33. The first kappa shape index (κ1) is 94.5. The molecule has 15 atom stereocenters. The van der Waals surface area contributed by atoms with E-state index < -0.39 is 220 Å². The van der Waals surface area contributed by atoms with Crippen molar-refractivity contribution in [3.05, 3.63) is 65.7 Å². The Morgan fingerprint density at radius 1 is 0.465 bits per heavy atom. The Balaban J connectivity index is 1.36. The summed E-state index contributed by atoms with van der Waals surface area (Å²) in [4.78, 5) is 192. The molecule has 40 heteroatoms. The van der Waals surface area contributed by atoms with E-state index in [9.17, 15) is 71.9 Å². The lowest BCUT2D eigenvalue weighted by molar-refractivity contribution is -0.320. The fourth-order valence-corrected chi connectivity index (χ4v) is 12.4. The first-order chi connectivity index (χ1) is 54.1. The maximum absolute atomic E-state index is 14.8. The smallest absolute Gasteiger partial charge is 0.304 e. The molecule has 2 saturated heterocycles. The highest BCUT2D eigenvalue weighted by atomic mass is 16.7. The third kappa shape index (κ3) is 34.3. The molecule has 6 amide bonds. The molecule has 0 radical (unpaired) electrons. The first-order valence-electron chi connectivity index (χ1n) is 36.6. The van der Waals surface area contributed by atoms with Crippen molar-refractivity contribution in [2.75, 3.05) is 106 Å². The van der Waals surface area contributed by atoms with E-state index in [1.807, 2.05) is 30.3 Å². The molecule has 3 aliphatic rings. The SMILES string of the molecule is CC(=O)NC1C(OCCOCCNC(=O)CN(CC(=O)NCCOCCOC2OC(COC(C)=O)C(OC(C)=O)C(OC(C)=O)C2NC(C)=O)C(Cc2ccc(OCc3ccccc3)cc2)C(=O)NCOCCOC2OC(COC(C)=O)C(OC(C)=O)CC2(NC(C)=O)OC(C)=O)CC(COC(C)=O)C(OC(C)=O)C1OC(C)=O. The van der Waals surface area contributed by atoms with Crippen molar-refractivity contribution < 1.29 is 157 Å². The average molecular weight is 1620 g/mol. The first-order valence-corrected chi connectivity index (χ1v) is 36.6. The summed E-state index contributed by atoms with van der Waals surface area (Å²) >= 11 is 0. The highest BCUT2D eigenvalue weighted by Crippen LogP contribution is 2.36. The number of esters is 9. The maximum Gasteiger partial charge on any atom is 0.304 e. The van der Waals surface area contributed by atoms with Crippen LogP contribution in [0.1, 0.15) is 107 Å². The van der Waals surface area contributed by atoms with Gasteiger partial charge in [-0.25, -0.2) is 0 Å². The molecule has 15 unspecified atom stereocenters. The van der Waals surface area contributed by atoms with E-state index in [1.54, 1.807) is 24.3 Å². The zero-order valence-electron chi connectivity index (χ0n) is 65.8. The Morgan fingerprint density at radius 3 is 1.52 bits per heavy atom. The van der Waals surface area contributed by atoms with Crippen molar-refractivity contribution >= 4 is 89.2 Å². The second-order valence-corrected chi connectivity index (χ2v) is 26.4. The van der Waals surface area contributed by atoms with Crippen LogP contribution in [0.4, 0.5) is 0 Å². The standard InChI is InChI=1S/C74H105N7O33/c1-42(82)78-65-59(33-56(38-103-45(4)85)67(108-49(8)89)69(65)110-51(10)91)100-29-26-97-24-22-75-63(94)35-81(36-64(95)76-23-25-98-27-30-101-72-66(79-43(2)83)70(111-52(11)92)68(109-50(9)90)62(112-72)40-105-47(6)87)58(32-54-18-20-57(21-19-54)106-37-55-16-14-13-15-17-55)71(96)77-41-99-28-31-102-73-74(80-44(3)84,114-53(12)93)34-60(107-48(7)88)61(113-73)39-104-46(5)86/h13-21,56,58-62,65-70,72-73H,22-41H2,1-12H3,(H,75,94)(H,76,95)(H,77,96)(H,78,82)(H,79,83)(H,80,84). The van der Waals surface area contributed by atoms with Crippen LogP contribution in [-0.2, 0) is 165 Å². The normalized spacial score (nSPS) is 23.3. The lowest BCUT2D eigenvalue weighted by Gasteiger charge is -2.47. The molecule has 5 rings (SSSR count). The predicted molar refractivity (Wildman–Crippen MR) is 386 cm³/mol. The molecular weight excluding hydrogens is 1510 g/mol. The predicted octanol–water partition coefficient (Wildman–Crippen LogP) is -1.13.